The summed E-state index contributed by atoms with van der Waals surface area (Å²) < 4.78 is 6.19. The summed E-state index contributed by atoms with van der Waals surface area (Å²) in [6, 6.07) is 7.00. The summed E-state index contributed by atoms with van der Waals surface area (Å²) in [7, 11) is 0. The maximum atomic E-state index is 9.05. The van der Waals surface area contributed by atoms with E-state index in [9.17, 15) is 0 Å². The number of aromatic nitrogens is 3. The highest BCUT2D eigenvalue weighted by Gasteiger charge is 2.17. The number of H-pyrrole nitrogens is 1. The van der Waals surface area contributed by atoms with Gasteiger partial charge in [-0.25, -0.2) is 4.98 Å². The summed E-state index contributed by atoms with van der Waals surface area (Å²) in [6.45, 7) is -0.00340. The van der Waals surface area contributed by atoms with Crippen LogP contribution >= 0.6 is 27.5 Å². The Bertz CT molecular complexity index is 503. The first kappa shape index (κ1) is 13.3. The van der Waals surface area contributed by atoms with Crippen LogP contribution in [0.2, 0.25) is 5.02 Å². The van der Waals surface area contributed by atoms with Crippen molar-refractivity contribution in [3.8, 4) is 5.75 Å². The maximum absolute atomic E-state index is 9.05. The van der Waals surface area contributed by atoms with Crippen LogP contribution in [0.1, 0.15) is 18.3 Å². The Morgan fingerprint density at radius 3 is 2.67 bits per heavy atom. The average molecular weight is 333 g/mol. The zero-order valence-corrected chi connectivity index (χ0v) is 11.6. The molecule has 2 N–H and O–H groups in total. The predicted octanol–water partition coefficient (Wildman–Crippen LogP) is 2.72. The van der Waals surface area contributed by atoms with Gasteiger partial charge in [-0.05, 0) is 40.2 Å². The number of benzene rings is 1. The number of aromatic amines is 1. The number of rotatable bonds is 5. The number of nitrogens with zero attached hydrogens (tertiary/aromatic N) is 2. The van der Waals surface area contributed by atoms with Gasteiger partial charge in [0.15, 0.2) is 11.9 Å². The molecule has 2 rings (SSSR count). The molecule has 2 aromatic rings. The van der Waals surface area contributed by atoms with E-state index in [4.69, 9.17) is 21.4 Å². The molecule has 18 heavy (non-hydrogen) atoms. The molecular formula is C11H11BrClN3O2. The van der Waals surface area contributed by atoms with Crippen LogP contribution in [0.15, 0.2) is 29.0 Å². The largest absolute Gasteiger partial charge is 0.482 e. The highest BCUT2D eigenvalue weighted by molar-refractivity contribution is 9.10. The second-order valence-corrected chi connectivity index (χ2v) is 4.71. The van der Waals surface area contributed by atoms with Crippen molar-refractivity contribution in [3.63, 3.8) is 0 Å². The molecule has 1 aromatic carbocycles. The minimum absolute atomic E-state index is 0.00340. The number of aliphatic hydroxyl groups excluding tert-OH is 1. The Morgan fingerprint density at radius 1 is 1.39 bits per heavy atom. The van der Waals surface area contributed by atoms with E-state index < -0.39 is 0 Å². The molecule has 1 aromatic heterocycles. The van der Waals surface area contributed by atoms with Crippen LogP contribution in [0.25, 0.3) is 0 Å². The van der Waals surface area contributed by atoms with Crippen LogP contribution in [0.5, 0.6) is 5.75 Å². The average Bonchev–Trinajstić information content (AvgIpc) is 2.78. The number of hydrogen-bond acceptors (Lipinski definition) is 4. The van der Waals surface area contributed by atoms with Crippen LogP contribution in [0, 0.1) is 0 Å². The fraction of sp³-hybridized carbons (Fsp3) is 0.273. The van der Waals surface area contributed by atoms with Crippen molar-refractivity contribution in [1.29, 1.82) is 0 Å². The van der Waals surface area contributed by atoms with E-state index in [0.717, 1.165) is 0 Å². The Kier molecular flexibility index (Phi) is 4.57. The van der Waals surface area contributed by atoms with Gasteiger partial charge in [-0.2, -0.15) is 0 Å². The van der Waals surface area contributed by atoms with Gasteiger partial charge in [0, 0.05) is 18.1 Å². The van der Waals surface area contributed by atoms with Crippen molar-refractivity contribution in [1.82, 2.24) is 15.2 Å². The number of hydrogen-bond donors (Lipinski definition) is 2. The molecule has 0 saturated carbocycles. The molecule has 0 aliphatic heterocycles. The third-order valence-corrected chi connectivity index (χ3v) is 2.87. The smallest absolute Gasteiger partial charge is 0.217 e. The van der Waals surface area contributed by atoms with E-state index in [1.165, 1.54) is 0 Å². The number of halogens is 2. The Morgan fingerprint density at radius 2 is 2.11 bits per heavy atom. The number of ether oxygens (including phenoxy) is 1. The predicted molar refractivity (Wildman–Crippen MR) is 70.6 cm³/mol. The Labute approximate surface area is 117 Å². The molecule has 1 unspecified atom stereocenters. The third kappa shape index (κ3) is 3.44. The molecule has 0 saturated heterocycles. The van der Waals surface area contributed by atoms with E-state index in [0.29, 0.717) is 27.8 Å². The fourth-order valence-corrected chi connectivity index (χ4v) is 1.85. The minimum atomic E-state index is -0.380. The number of aliphatic hydroxyl groups is 1. The Hall–Kier alpha value is -1.11. The quantitative estimate of drug-likeness (QED) is 0.883. The van der Waals surface area contributed by atoms with E-state index in [2.05, 4.69) is 31.1 Å². The lowest BCUT2D eigenvalue weighted by atomic mass is 10.2. The lowest BCUT2D eigenvalue weighted by Crippen LogP contribution is -2.11. The summed E-state index contributed by atoms with van der Waals surface area (Å²) in [6.07, 6.45) is 0.0412. The first-order valence-electron chi connectivity index (χ1n) is 5.30. The second kappa shape index (κ2) is 6.17. The van der Waals surface area contributed by atoms with Crippen LogP contribution in [0.3, 0.4) is 0 Å². The van der Waals surface area contributed by atoms with Crippen molar-refractivity contribution >= 4 is 27.5 Å². The van der Waals surface area contributed by atoms with Gasteiger partial charge in [0.1, 0.15) is 5.75 Å². The van der Waals surface area contributed by atoms with Crippen LogP contribution in [0.4, 0.5) is 0 Å². The normalized spacial score (nSPS) is 12.4. The lowest BCUT2D eigenvalue weighted by Gasteiger charge is -2.15. The summed E-state index contributed by atoms with van der Waals surface area (Å²) in [5.74, 6) is 1.22. The van der Waals surface area contributed by atoms with Gasteiger partial charge >= 0.3 is 0 Å². The van der Waals surface area contributed by atoms with Crippen LogP contribution in [-0.4, -0.2) is 26.9 Å². The molecule has 0 aliphatic carbocycles. The SMILES string of the molecule is OCCC(Oc1ccc(Cl)cc1)c1nc(Br)n[nH]1. The fourth-order valence-electron chi connectivity index (χ4n) is 1.44. The van der Waals surface area contributed by atoms with Crippen molar-refractivity contribution < 1.29 is 9.84 Å². The molecule has 96 valence electrons. The van der Waals surface area contributed by atoms with Gasteiger partial charge < -0.3 is 9.84 Å². The summed E-state index contributed by atoms with van der Waals surface area (Å²) >= 11 is 8.96. The van der Waals surface area contributed by atoms with E-state index >= 15 is 0 Å². The second-order valence-electron chi connectivity index (χ2n) is 3.56. The standard InChI is InChI=1S/C11H11BrClN3O2/c12-11-14-10(15-16-11)9(5-6-17)18-8-3-1-7(13)2-4-8/h1-4,9,17H,5-6H2,(H,14,15,16). The van der Waals surface area contributed by atoms with Crippen molar-refractivity contribution in [2.24, 2.45) is 0 Å². The maximum Gasteiger partial charge on any atom is 0.217 e. The summed E-state index contributed by atoms with van der Waals surface area (Å²) in [5.41, 5.74) is 0. The van der Waals surface area contributed by atoms with Crippen LogP contribution in [-0.2, 0) is 0 Å². The highest BCUT2D eigenvalue weighted by atomic mass is 79.9. The Balaban J connectivity index is 2.13. The van der Waals surface area contributed by atoms with Crippen LogP contribution < -0.4 is 4.74 Å². The van der Waals surface area contributed by atoms with Crippen molar-refractivity contribution in [2.45, 2.75) is 12.5 Å². The molecule has 1 atom stereocenters. The topological polar surface area (TPSA) is 71.0 Å². The zero-order chi connectivity index (χ0) is 13.0. The molecule has 5 nitrogen and oxygen atoms in total. The molecule has 1 heterocycles. The van der Waals surface area contributed by atoms with Crippen molar-refractivity contribution in [2.75, 3.05) is 6.61 Å². The molecule has 0 radical (unpaired) electrons. The molecule has 7 heteroatoms. The molecule has 0 aliphatic rings. The monoisotopic (exact) mass is 331 g/mol. The van der Waals surface area contributed by atoms with Gasteiger partial charge in [-0.3, -0.25) is 5.10 Å². The van der Waals surface area contributed by atoms with Gasteiger partial charge in [-0.1, -0.05) is 11.6 Å². The van der Waals surface area contributed by atoms with Gasteiger partial charge in [0.05, 0.1) is 0 Å². The molecule has 0 spiro atoms. The summed E-state index contributed by atoms with van der Waals surface area (Å²) in [4.78, 5) is 4.13. The van der Waals surface area contributed by atoms with Gasteiger partial charge in [-0.15, -0.1) is 5.10 Å². The molecule has 0 fully saturated rings. The van der Waals surface area contributed by atoms with Gasteiger partial charge in [0.2, 0.25) is 4.73 Å². The van der Waals surface area contributed by atoms with E-state index in [1.54, 1.807) is 24.3 Å². The number of nitrogens with one attached hydrogen (secondary N) is 1. The van der Waals surface area contributed by atoms with E-state index in [1.807, 2.05) is 0 Å². The summed E-state index contributed by atoms with van der Waals surface area (Å²) in [5, 5.41) is 16.3. The lowest BCUT2D eigenvalue weighted by molar-refractivity contribution is 0.148. The first-order chi connectivity index (χ1) is 8.69. The van der Waals surface area contributed by atoms with E-state index in [-0.39, 0.29) is 12.7 Å². The molecule has 0 amide bonds. The minimum Gasteiger partial charge on any atom is -0.482 e. The van der Waals surface area contributed by atoms with Crippen molar-refractivity contribution in [3.05, 3.63) is 39.8 Å². The molecule has 0 bridgehead atoms. The third-order valence-electron chi connectivity index (χ3n) is 2.26. The van der Waals surface area contributed by atoms with Gasteiger partial charge in [0.25, 0.3) is 0 Å². The highest BCUT2D eigenvalue weighted by Crippen LogP contribution is 2.24. The molecular weight excluding hydrogens is 321 g/mol. The first-order valence-corrected chi connectivity index (χ1v) is 6.47. The zero-order valence-electron chi connectivity index (χ0n) is 9.31.